The largest absolute Gasteiger partial charge is 0.497 e. The quantitative estimate of drug-likeness (QED) is 0.885. The number of carbonyl (C=O) groups excluding carboxylic acids is 1. The molecule has 2 aromatic rings. The van der Waals surface area contributed by atoms with Crippen LogP contribution in [0.4, 0.5) is 0 Å². The van der Waals surface area contributed by atoms with E-state index in [0.29, 0.717) is 6.54 Å². The van der Waals surface area contributed by atoms with Gasteiger partial charge in [-0.2, -0.15) is 0 Å². The van der Waals surface area contributed by atoms with Crippen LogP contribution in [0.1, 0.15) is 29.5 Å². The molecule has 148 valence electrons. The average Bonchev–Trinajstić information content (AvgIpc) is 2.84. The number of hydrogen-bond acceptors (Lipinski definition) is 4. The Morgan fingerprint density at radius 3 is 2.50 bits per heavy atom. The van der Waals surface area contributed by atoms with Crippen molar-refractivity contribution in [2.75, 3.05) is 27.3 Å². The Hall–Kier alpha value is -2.53. The lowest BCUT2D eigenvalue weighted by Gasteiger charge is -2.41. The number of methoxy groups -OCH3 is 2. The molecule has 28 heavy (non-hydrogen) atoms. The molecule has 4 rings (SSSR count). The van der Waals surface area contributed by atoms with Crippen LogP contribution in [0.25, 0.3) is 0 Å². The summed E-state index contributed by atoms with van der Waals surface area (Å²) in [5, 5.41) is 3.18. The molecule has 2 aliphatic rings. The molecule has 0 aliphatic carbocycles. The third-order valence-corrected chi connectivity index (χ3v) is 6.04. The summed E-state index contributed by atoms with van der Waals surface area (Å²) in [4.78, 5) is 15.5. The number of carbonyl (C=O) groups is 1. The number of benzene rings is 2. The van der Waals surface area contributed by atoms with E-state index < -0.39 is 0 Å². The first-order chi connectivity index (χ1) is 13.6. The van der Waals surface area contributed by atoms with Crippen LogP contribution in [0.5, 0.6) is 11.5 Å². The van der Waals surface area contributed by atoms with E-state index in [0.717, 1.165) is 56.0 Å². The van der Waals surface area contributed by atoms with Crippen molar-refractivity contribution >= 4 is 5.91 Å². The highest BCUT2D eigenvalue weighted by Crippen LogP contribution is 2.37. The summed E-state index contributed by atoms with van der Waals surface area (Å²) in [6.45, 7) is 3.18. The van der Waals surface area contributed by atoms with Crippen LogP contribution in [-0.4, -0.2) is 38.1 Å². The smallest absolute Gasteiger partial charge is 0.228 e. The fraction of sp³-hybridized carbons (Fsp3) is 0.435. The third kappa shape index (κ3) is 3.72. The van der Waals surface area contributed by atoms with Crippen molar-refractivity contribution in [3.05, 3.63) is 59.2 Å². The van der Waals surface area contributed by atoms with Gasteiger partial charge >= 0.3 is 0 Å². The predicted octanol–water partition coefficient (Wildman–Crippen LogP) is 3.16. The number of amides is 1. The normalized spacial score (nSPS) is 22.3. The van der Waals surface area contributed by atoms with Crippen molar-refractivity contribution in [3.8, 4) is 11.5 Å². The lowest BCUT2D eigenvalue weighted by Crippen LogP contribution is -2.51. The Kier molecular flexibility index (Phi) is 5.27. The van der Waals surface area contributed by atoms with Gasteiger partial charge in [0.25, 0.3) is 0 Å². The van der Waals surface area contributed by atoms with Crippen molar-refractivity contribution in [2.24, 2.45) is 5.41 Å². The van der Waals surface area contributed by atoms with Crippen LogP contribution < -0.4 is 14.8 Å². The van der Waals surface area contributed by atoms with Crippen LogP contribution in [0.3, 0.4) is 0 Å². The first-order valence-electron chi connectivity index (χ1n) is 9.91. The van der Waals surface area contributed by atoms with E-state index in [9.17, 15) is 4.79 Å². The lowest BCUT2D eigenvalue weighted by molar-refractivity contribution is -0.134. The summed E-state index contributed by atoms with van der Waals surface area (Å²) < 4.78 is 10.8. The van der Waals surface area contributed by atoms with E-state index >= 15 is 0 Å². The molecule has 0 radical (unpaired) electrons. The molecule has 1 saturated heterocycles. The van der Waals surface area contributed by atoms with Gasteiger partial charge in [-0.3, -0.25) is 9.69 Å². The van der Waals surface area contributed by atoms with Crippen molar-refractivity contribution in [1.29, 1.82) is 0 Å². The number of likely N-dealkylation sites (tertiary alicyclic amines) is 1. The maximum atomic E-state index is 13.1. The Morgan fingerprint density at radius 1 is 1.07 bits per heavy atom. The van der Waals surface area contributed by atoms with Crippen molar-refractivity contribution < 1.29 is 14.3 Å². The highest BCUT2D eigenvalue weighted by Gasteiger charge is 2.43. The number of nitrogens with one attached hydrogen (secondary N) is 1. The molecule has 1 spiro atoms. The second-order valence-electron chi connectivity index (χ2n) is 7.94. The van der Waals surface area contributed by atoms with Crippen LogP contribution in [-0.2, 0) is 24.3 Å². The molecule has 1 fully saturated rings. The maximum absolute atomic E-state index is 13.1. The number of hydrogen-bond donors (Lipinski definition) is 1. The molecule has 1 amide bonds. The SMILES string of the molecule is COc1cc(CN2CCCC3(Cc4ccccc4CNC3=O)C2)cc(OC)c1. The van der Waals surface area contributed by atoms with E-state index in [1.165, 1.54) is 11.1 Å². The first-order valence-corrected chi connectivity index (χ1v) is 9.91. The number of rotatable bonds is 4. The highest BCUT2D eigenvalue weighted by atomic mass is 16.5. The van der Waals surface area contributed by atoms with Gasteiger partial charge in [0.05, 0.1) is 19.6 Å². The molecule has 5 nitrogen and oxygen atoms in total. The van der Waals surface area contributed by atoms with E-state index in [1.807, 2.05) is 24.3 Å². The molecule has 2 heterocycles. The van der Waals surface area contributed by atoms with E-state index in [2.05, 4.69) is 28.4 Å². The third-order valence-electron chi connectivity index (χ3n) is 6.04. The van der Waals surface area contributed by atoms with Crippen LogP contribution >= 0.6 is 0 Å². The summed E-state index contributed by atoms with van der Waals surface area (Å²) in [6.07, 6.45) is 2.77. The molecule has 0 saturated carbocycles. The fourth-order valence-corrected chi connectivity index (χ4v) is 4.62. The summed E-state index contributed by atoms with van der Waals surface area (Å²) >= 11 is 0. The minimum Gasteiger partial charge on any atom is -0.497 e. The Labute approximate surface area is 166 Å². The monoisotopic (exact) mass is 380 g/mol. The summed E-state index contributed by atoms with van der Waals surface area (Å²) in [5.74, 6) is 1.78. The fourth-order valence-electron chi connectivity index (χ4n) is 4.62. The first kappa shape index (κ1) is 18.8. The highest BCUT2D eigenvalue weighted by molar-refractivity contribution is 5.84. The molecular weight excluding hydrogens is 352 g/mol. The van der Waals surface area contributed by atoms with Crippen LogP contribution in [0, 0.1) is 5.41 Å². The van der Waals surface area contributed by atoms with Crippen molar-refractivity contribution in [1.82, 2.24) is 10.2 Å². The average molecular weight is 380 g/mol. The van der Waals surface area contributed by atoms with Gasteiger partial charge in [0.2, 0.25) is 5.91 Å². The second-order valence-corrected chi connectivity index (χ2v) is 7.94. The number of fused-ring (bicyclic) bond motifs is 1. The maximum Gasteiger partial charge on any atom is 0.228 e. The summed E-state index contributed by atoms with van der Waals surface area (Å²) in [7, 11) is 3.34. The van der Waals surface area contributed by atoms with Gasteiger partial charge in [-0.25, -0.2) is 0 Å². The number of nitrogens with zero attached hydrogens (tertiary/aromatic N) is 1. The van der Waals surface area contributed by atoms with Crippen LogP contribution in [0.2, 0.25) is 0 Å². The van der Waals surface area contributed by atoms with Gasteiger partial charge in [0.1, 0.15) is 11.5 Å². The molecule has 5 heteroatoms. The zero-order chi connectivity index (χ0) is 19.6. The second kappa shape index (κ2) is 7.84. The van der Waals surface area contributed by atoms with Gasteiger partial charge < -0.3 is 14.8 Å². The number of ether oxygens (including phenoxy) is 2. The van der Waals surface area contributed by atoms with Gasteiger partial charge in [-0.1, -0.05) is 24.3 Å². The standard InChI is InChI=1S/C23H28N2O3/c1-27-20-10-17(11-21(12-20)28-2)15-25-9-5-8-23(16-25)13-18-6-3-4-7-19(18)14-24-22(23)26/h3-4,6-7,10-12H,5,8-9,13-16H2,1-2H3,(H,24,26). The van der Waals surface area contributed by atoms with Gasteiger partial charge in [-0.15, -0.1) is 0 Å². The Morgan fingerprint density at radius 2 is 1.79 bits per heavy atom. The van der Waals surface area contributed by atoms with E-state index in [-0.39, 0.29) is 11.3 Å². The van der Waals surface area contributed by atoms with Crippen molar-refractivity contribution in [2.45, 2.75) is 32.4 Å². The van der Waals surface area contributed by atoms with Gasteiger partial charge in [0, 0.05) is 25.7 Å². The predicted molar refractivity (Wildman–Crippen MR) is 108 cm³/mol. The van der Waals surface area contributed by atoms with Gasteiger partial charge in [-0.05, 0) is 54.6 Å². The molecule has 2 aliphatic heterocycles. The molecule has 2 aromatic carbocycles. The molecule has 1 atom stereocenters. The van der Waals surface area contributed by atoms with E-state index in [1.54, 1.807) is 14.2 Å². The molecule has 1 N–H and O–H groups in total. The Bertz CT molecular complexity index is 844. The molecular formula is C23H28N2O3. The summed E-state index contributed by atoms with van der Waals surface area (Å²) in [5.41, 5.74) is 3.32. The molecule has 1 unspecified atom stereocenters. The van der Waals surface area contributed by atoms with E-state index in [4.69, 9.17) is 9.47 Å². The van der Waals surface area contributed by atoms with Crippen molar-refractivity contribution in [3.63, 3.8) is 0 Å². The molecule has 0 bridgehead atoms. The summed E-state index contributed by atoms with van der Waals surface area (Å²) in [6, 6.07) is 14.4. The molecule has 0 aromatic heterocycles. The number of piperidine rings is 1. The zero-order valence-electron chi connectivity index (χ0n) is 16.7. The minimum atomic E-state index is -0.353. The van der Waals surface area contributed by atoms with Crippen LogP contribution in [0.15, 0.2) is 42.5 Å². The zero-order valence-corrected chi connectivity index (χ0v) is 16.7. The topological polar surface area (TPSA) is 50.8 Å². The lowest BCUT2D eigenvalue weighted by atomic mass is 9.74. The Balaban J connectivity index is 1.56. The minimum absolute atomic E-state index is 0.191. The van der Waals surface area contributed by atoms with Gasteiger partial charge in [0.15, 0.2) is 0 Å².